The minimum atomic E-state index is -1.72. The molecule has 4 N–H and O–H groups in total. The Hall–Kier alpha value is -1.88. The average Bonchev–Trinajstić information content (AvgIpc) is 2.95. The molecule has 0 saturated heterocycles. The lowest BCUT2D eigenvalue weighted by Gasteiger charge is -2.11. The zero-order chi connectivity index (χ0) is 15.8. The first kappa shape index (κ1) is 16.5. The van der Waals surface area contributed by atoms with Crippen LogP contribution >= 0.6 is 0 Å². The van der Waals surface area contributed by atoms with E-state index in [4.69, 9.17) is 15.8 Å². The summed E-state index contributed by atoms with van der Waals surface area (Å²) in [5.74, 6) is 0.618. The number of aromatic nitrogens is 5. The third kappa shape index (κ3) is 5.15. The molecular formula is C12H19BN6O3. The number of tetrazole rings is 1. The summed E-state index contributed by atoms with van der Waals surface area (Å²) < 4.78 is 6.30. The van der Waals surface area contributed by atoms with Gasteiger partial charge < -0.3 is 20.4 Å². The van der Waals surface area contributed by atoms with E-state index in [9.17, 15) is 0 Å². The van der Waals surface area contributed by atoms with E-state index in [1.165, 1.54) is 0 Å². The third-order valence-electron chi connectivity index (χ3n) is 3.12. The van der Waals surface area contributed by atoms with E-state index < -0.39 is 7.32 Å². The van der Waals surface area contributed by atoms with Gasteiger partial charge in [-0.2, -0.15) is 0 Å². The number of unbranched alkanes of at least 4 members (excludes halogenated alkanes) is 1. The van der Waals surface area contributed by atoms with E-state index in [2.05, 4.69) is 25.2 Å². The first-order chi connectivity index (χ1) is 10.7. The van der Waals surface area contributed by atoms with Crippen molar-refractivity contribution in [2.24, 2.45) is 5.73 Å². The van der Waals surface area contributed by atoms with Crippen LogP contribution in [-0.4, -0.2) is 49.2 Å². The molecule has 0 fully saturated rings. The summed E-state index contributed by atoms with van der Waals surface area (Å²) in [6, 6.07) is 3.52. The second-order valence-corrected chi connectivity index (χ2v) is 4.86. The molecule has 9 nitrogen and oxygen atoms in total. The molecule has 22 heavy (non-hydrogen) atoms. The number of hydrogen-bond donors (Lipinski definition) is 3. The zero-order valence-corrected chi connectivity index (χ0v) is 12.1. The van der Waals surface area contributed by atoms with Gasteiger partial charge >= 0.3 is 7.32 Å². The predicted octanol–water partition coefficient (Wildman–Crippen LogP) is -0.727. The van der Waals surface area contributed by atoms with Gasteiger partial charge in [0.1, 0.15) is 0 Å². The van der Waals surface area contributed by atoms with Crippen LogP contribution < -0.4 is 5.73 Å². The quantitative estimate of drug-likeness (QED) is 0.408. The summed E-state index contributed by atoms with van der Waals surface area (Å²) in [4.78, 5) is 4.06. The molecule has 2 aromatic rings. The normalized spacial score (nSPS) is 12.3. The van der Waals surface area contributed by atoms with Crippen molar-refractivity contribution in [3.63, 3.8) is 0 Å². The van der Waals surface area contributed by atoms with Gasteiger partial charge in [0.05, 0.1) is 12.6 Å². The average molecular weight is 306 g/mol. The first-order valence-electron chi connectivity index (χ1n) is 7.05. The fourth-order valence-corrected chi connectivity index (χ4v) is 2.04. The van der Waals surface area contributed by atoms with E-state index in [1.807, 2.05) is 12.1 Å². The van der Waals surface area contributed by atoms with Crippen LogP contribution in [-0.2, 0) is 11.2 Å². The van der Waals surface area contributed by atoms with Crippen molar-refractivity contribution in [3.05, 3.63) is 35.9 Å². The molecular weight excluding hydrogens is 287 g/mol. The highest BCUT2D eigenvalue weighted by Crippen LogP contribution is 2.14. The van der Waals surface area contributed by atoms with Gasteiger partial charge in [-0.05, 0) is 41.3 Å². The topological polar surface area (TPSA) is 132 Å². The molecule has 0 aliphatic rings. The van der Waals surface area contributed by atoms with E-state index >= 15 is 0 Å². The smallest absolute Gasteiger partial charge is 0.402 e. The summed E-state index contributed by atoms with van der Waals surface area (Å²) in [5.41, 5.74) is 7.11. The molecule has 1 atom stereocenters. The van der Waals surface area contributed by atoms with Crippen molar-refractivity contribution in [1.29, 1.82) is 0 Å². The number of nitrogens with two attached hydrogens (primary N) is 1. The number of pyridine rings is 1. The number of rotatable bonds is 9. The van der Waals surface area contributed by atoms with Crippen LogP contribution in [0, 0.1) is 0 Å². The van der Waals surface area contributed by atoms with Crippen LogP contribution in [0.5, 0.6) is 0 Å². The van der Waals surface area contributed by atoms with Crippen LogP contribution in [0.4, 0.5) is 0 Å². The van der Waals surface area contributed by atoms with Crippen molar-refractivity contribution in [2.75, 3.05) is 6.61 Å². The monoisotopic (exact) mass is 306 g/mol. The lowest BCUT2D eigenvalue weighted by atomic mass is 10.1. The fourth-order valence-electron chi connectivity index (χ4n) is 2.04. The Labute approximate surface area is 128 Å². The van der Waals surface area contributed by atoms with Crippen LogP contribution in [0.3, 0.4) is 0 Å². The lowest BCUT2D eigenvalue weighted by molar-refractivity contribution is 0.181. The largest absolute Gasteiger partial charge is 0.633 e. The summed E-state index contributed by atoms with van der Waals surface area (Å²) in [6.45, 7) is 0.786. The standard InChI is InChI=1S/C12H19BN6O3/c14-11(5-1-2-7-22-13(20)21)12-16-17-18-19(12)9-10-4-3-6-15-8-10/h3-4,6,8,11,20-21H,1-2,5,7,9,14H2. The molecule has 0 saturated carbocycles. The van der Waals surface area contributed by atoms with Gasteiger partial charge in [0.15, 0.2) is 5.82 Å². The highest BCUT2D eigenvalue weighted by Gasteiger charge is 2.15. The minimum absolute atomic E-state index is 0.269. The van der Waals surface area contributed by atoms with Crippen molar-refractivity contribution >= 4 is 7.32 Å². The van der Waals surface area contributed by atoms with Crippen molar-refractivity contribution in [3.8, 4) is 0 Å². The minimum Gasteiger partial charge on any atom is -0.402 e. The molecule has 0 amide bonds. The summed E-state index contributed by atoms with van der Waals surface area (Å²) in [7, 11) is -1.72. The van der Waals surface area contributed by atoms with Gasteiger partial charge in [0.25, 0.3) is 0 Å². The SMILES string of the molecule is NC(CCCCOB(O)O)c1nnnn1Cc1cccnc1. The molecule has 118 valence electrons. The van der Waals surface area contributed by atoms with Gasteiger partial charge in [0, 0.05) is 19.0 Å². The molecule has 2 heterocycles. The van der Waals surface area contributed by atoms with Gasteiger partial charge in [0.2, 0.25) is 0 Å². The Bertz CT molecular complexity index is 553. The summed E-state index contributed by atoms with van der Waals surface area (Å²) in [6.07, 6.45) is 5.59. The van der Waals surface area contributed by atoms with Crippen molar-refractivity contribution in [1.82, 2.24) is 25.2 Å². The van der Waals surface area contributed by atoms with Gasteiger partial charge in [-0.15, -0.1) is 5.10 Å². The fraction of sp³-hybridized carbons (Fsp3) is 0.500. The molecule has 0 radical (unpaired) electrons. The van der Waals surface area contributed by atoms with E-state index in [0.29, 0.717) is 25.2 Å². The Morgan fingerprint density at radius 1 is 1.36 bits per heavy atom. The maximum absolute atomic E-state index is 8.56. The molecule has 10 heteroatoms. The first-order valence-corrected chi connectivity index (χ1v) is 7.05. The summed E-state index contributed by atoms with van der Waals surface area (Å²) >= 11 is 0. The highest BCUT2D eigenvalue weighted by molar-refractivity contribution is 6.32. The molecule has 2 rings (SSSR count). The number of nitrogens with zero attached hydrogens (tertiary/aromatic N) is 5. The highest BCUT2D eigenvalue weighted by atomic mass is 16.6. The van der Waals surface area contributed by atoms with Crippen LogP contribution in [0.15, 0.2) is 24.5 Å². The molecule has 1 unspecified atom stereocenters. The van der Waals surface area contributed by atoms with Gasteiger partial charge in [-0.25, -0.2) is 4.68 Å². The Morgan fingerprint density at radius 3 is 2.95 bits per heavy atom. The van der Waals surface area contributed by atoms with Crippen LogP contribution in [0.2, 0.25) is 0 Å². The lowest BCUT2D eigenvalue weighted by Crippen LogP contribution is -2.19. The van der Waals surface area contributed by atoms with Crippen LogP contribution in [0.1, 0.15) is 36.7 Å². The Balaban J connectivity index is 1.83. The maximum Gasteiger partial charge on any atom is 0.633 e. The molecule has 2 aromatic heterocycles. The van der Waals surface area contributed by atoms with E-state index in [0.717, 1.165) is 12.0 Å². The van der Waals surface area contributed by atoms with Gasteiger partial charge in [-0.3, -0.25) is 4.98 Å². The van der Waals surface area contributed by atoms with E-state index in [-0.39, 0.29) is 12.6 Å². The summed E-state index contributed by atoms with van der Waals surface area (Å²) in [5, 5.41) is 28.7. The Kier molecular flexibility index (Phi) is 6.40. The third-order valence-corrected chi connectivity index (χ3v) is 3.12. The van der Waals surface area contributed by atoms with Crippen molar-refractivity contribution < 1.29 is 14.7 Å². The molecule has 0 aliphatic heterocycles. The molecule has 0 aromatic carbocycles. The maximum atomic E-state index is 8.56. The van der Waals surface area contributed by atoms with Crippen molar-refractivity contribution in [2.45, 2.75) is 31.8 Å². The zero-order valence-electron chi connectivity index (χ0n) is 12.1. The Morgan fingerprint density at radius 2 is 2.23 bits per heavy atom. The molecule has 0 aliphatic carbocycles. The number of hydrogen-bond acceptors (Lipinski definition) is 8. The predicted molar refractivity (Wildman–Crippen MR) is 78.1 cm³/mol. The molecule has 0 bridgehead atoms. The van der Waals surface area contributed by atoms with Crippen LogP contribution in [0.25, 0.3) is 0 Å². The second-order valence-electron chi connectivity index (χ2n) is 4.86. The molecule has 0 spiro atoms. The van der Waals surface area contributed by atoms with E-state index in [1.54, 1.807) is 17.1 Å². The second kappa shape index (κ2) is 8.54. The van der Waals surface area contributed by atoms with Gasteiger partial charge in [-0.1, -0.05) is 6.07 Å².